The molecule has 3 heterocycles. The fraction of sp³-hybridized carbons (Fsp3) is 0.375. The molecule has 0 radical (unpaired) electrons. The Hall–Kier alpha value is -3.23. The Bertz CT molecular complexity index is 1110. The third kappa shape index (κ3) is 3.87. The van der Waals surface area contributed by atoms with Crippen LogP contribution in [-0.2, 0) is 13.0 Å². The molecule has 166 valence electrons. The van der Waals surface area contributed by atoms with Gasteiger partial charge in [0.15, 0.2) is 5.82 Å². The molecule has 0 aliphatic carbocycles. The van der Waals surface area contributed by atoms with Crippen molar-refractivity contribution in [2.24, 2.45) is 0 Å². The van der Waals surface area contributed by atoms with Crippen LogP contribution < -0.4 is 9.80 Å². The molecule has 0 spiro atoms. The summed E-state index contributed by atoms with van der Waals surface area (Å²) in [6.07, 6.45) is 2.55. The normalized spacial score (nSPS) is 20.4. The highest BCUT2D eigenvalue weighted by Crippen LogP contribution is 2.31. The first-order valence-electron chi connectivity index (χ1n) is 11.0. The molecule has 3 N–H and O–H groups in total. The van der Waals surface area contributed by atoms with E-state index in [-0.39, 0.29) is 31.0 Å². The molecule has 1 fully saturated rings. The number of phenols is 1. The van der Waals surface area contributed by atoms with Crippen LogP contribution in [0.4, 0.5) is 11.9 Å². The second-order valence-corrected chi connectivity index (χ2v) is 8.42. The Balaban J connectivity index is 1.61. The molecule has 8 nitrogen and oxygen atoms in total. The SMILES string of the molecule is OC[C@H]1CCCN1c1nc(-c2cccc(O)c2)nc(N2Cc3ccccc3C[C@@H]2CO)n1. The van der Waals surface area contributed by atoms with E-state index in [0.717, 1.165) is 19.4 Å². The lowest BCUT2D eigenvalue weighted by Crippen LogP contribution is -2.44. The first kappa shape index (κ1) is 20.7. The van der Waals surface area contributed by atoms with E-state index in [1.807, 2.05) is 28.0 Å². The molecule has 0 unspecified atom stereocenters. The second kappa shape index (κ2) is 8.72. The van der Waals surface area contributed by atoms with Gasteiger partial charge in [0.1, 0.15) is 5.75 Å². The number of hydrogen-bond acceptors (Lipinski definition) is 8. The van der Waals surface area contributed by atoms with Crippen LogP contribution in [0.2, 0.25) is 0 Å². The zero-order valence-corrected chi connectivity index (χ0v) is 17.8. The van der Waals surface area contributed by atoms with E-state index in [9.17, 15) is 15.3 Å². The third-order valence-corrected chi connectivity index (χ3v) is 6.38. The van der Waals surface area contributed by atoms with E-state index in [4.69, 9.17) is 15.0 Å². The van der Waals surface area contributed by atoms with Crippen molar-refractivity contribution in [1.29, 1.82) is 0 Å². The fourth-order valence-corrected chi connectivity index (χ4v) is 4.66. The first-order valence-corrected chi connectivity index (χ1v) is 11.0. The van der Waals surface area contributed by atoms with Crippen LogP contribution >= 0.6 is 0 Å². The first-order chi connectivity index (χ1) is 15.7. The smallest absolute Gasteiger partial charge is 0.231 e. The van der Waals surface area contributed by atoms with E-state index < -0.39 is 0 Å². The molecule has 2 atom stereocenters. The lowest BCUT2D eigenvalue weighted by Gasteiger charge is -2.36. The minimum Gasteiger partial charge on any atom is -0.508 e. The van der Waals surface area contributed by atoms with E-state index in [2.05, 4.69) is 12.1 Å². The van der Waals surface area contributed by atoms with Crippen LogP contribution in [0, 0.1) is 0 Å². The van der Waals surface area contributed by atoms with Crippen molar-refractivity contribution in [3.8, 4) is 17.1 Å². The second-order valence-electron chi connectivity index (χ2n) is 8.42. The van der Waals surface area contributed by atoms with Gasteiger partial charge < -0.3 is 25.1 Å². The van der Waals surface area contributed by atoms with Crippen molar-refractivity contribution in [2.75, 3.05) is 29.6 Å². The average molecular weight is 434 g/mol. The summed E-state index contributed by atoms with van der Waals surface area (Å²) in [6, 6.07) is 14.9. The van der Waals surface area contributed by atoms with E-state index in [1.165, 1.54) is 11.1 Å². The number of aromatic nitrogens is 3. The van der Waals surface area contributed by atoms with Gasteiger partial charge in [-0.15, -0.1) is 0 Å². The molecule has 2 aliphatic heterocycles. The number of aromatic hydroxyl groups is 1. The quantitative estimate of drug-likeness (QED) is 0.562. The summed E-state index contributed by atoms with van der Waals surface area (Å²) < 4.78 is 0. The number of phenolic OH excluding ortho intramolecular Hbond substituents is 1. The number of nitrogens with zero attached hydrogens (tertiary/aromatic N) is 5. The minimum absolute atomic E-state index is 0.0141. The van der Waals surface area contributed by atoms with Crippen molar-refractivity contribution in [1.82, 2.24) is 15.0 Å². The van der Waals surface area contributed by atoms with Gasteiger partial charge in [0.2, 0.25) is 11.9 Å². The summed E-state index contributed by atoms with van der Waals surface area (Å²) in [4.78, 5) is 18.3. The predicted molar refractivity (Wildman–Crippen MR) is 122 cm³/mol. The molecule has 2 aromatic carbocycles. The molecule has 2 aliphatic rings. The Morgan fingerprint density at radius 1 is 0.844 bits per heavy atom. The molecule has 5 rings (SSSR count). The summed E-state index contributed by atoms with van der Waals surface area (Å²) in [5, 5.41) is 30.0. The number of benzene rings is 2. The van der Waals surface area contributed by atoms with Gasteiger partial charge in [-0.05, 0) is 42.5 Å². The average Bonchev–Trinajstić information content (AvgIpc) is 3.32. The van der Waals surface area contributed by atoms with Crippen molar-refractivity contribution < 1.29 is 15.3 Å². The molecular formula is C24H27N5O3. The van der Waals surface area contributed by atoms with Crippen LogP contribution in [0.5, 0.6) is 5.75 Å². The van der Waals surface area contributed by atoms with Crippen molar-refractivity contribution in [3.05, 3.63) is 59.7 Å². The summed E-state index contributed by atoms with van der Waals surface area (Å²) in [5.74, 6) is 1.60. The van der Waals surface area contributed by atoms with Crippen molar-refractivity contribution >= 4 is 11.9 Å². The molecule has 8 heteroatoms. The van der Waals surface area contributed by atoms with Gasteiger partial charge in [-0.3, -0.25) is 0 Å². The van der Waals surface area contributed by atoms with Crippen LogP contribution in [0.1, 0.15) is 24.0 Å². The zero-order valence-electron chi connectivity index (χ0n) is 17.8. The number of aliphatic hydroxyl groups is 2. The maximum Gasteiger partial charge on any atom is 0.231 e. The maximum atomic E-state index is 10.1. The Kier molecular flexibility index (Phi) is 5.63. The Labute approximate surface area is 186 Å². The third-order valence-electron chi connectivity index (χ3n) is 6.38. The number of rotatable bonds is 5. The molecule has 0 amide bonds. The lowest BCUT2D eigenvalue weighted by molar-refractivity contribution is 0.252. The minimum atomic E-state index is -0.149. The van der Waals surface area contributed by atoms with Gasteiger partial charge in [-0.25, -0.2) is 0 Å². The number of aliphatic hydroxyl groups excluding tert-OH is 2. The largest absolute Gasteiger partial charge is 0.508 e. The lowest BCUT2D eigenvalue weighted by atomic mass is 9.94. The molecular weight excluding hydrogens is 406 g/mol. The molecule has 1 aromatic heterocycles. The fourth-order valence-electron chi connectivity index (χ4n) is 4.66. The van der Waals surface area contributed by atoms with Crippen LogP contribution in [0.25, 0.3) is 11.4 Å². The van der Waals surface area contributed by atoms with Crippen LogP contribution in [0.15, 0.2) is 48.5 Å². The summed E-state index contributed by atoms with van der Waals surface area (Å²) in [6.45, 7) is 1.38. The van der Waals surface area contributed by atoms with Crippen molar-refractivity contribution in [2.45, 2.75) is 37.9 Å². The van der Waals surface area contributed by atoms with Gasteiger partial charge in [0.05, 0.1) is 25.3 Å². The highest BCUT2D eigenvalue weighted by molar-refractivity contribution is 5.61. The molecule has 0 saturated carbocycles. The van der Waals surface area contributed by atoms with E-state index >= 15 is 0 Å². The van der Waals surface area contributed by atoms with Gasteiger partial charge in [0, 0.05) is 18.7 Å². The van der Waals surface area contributed by atoms with E-state index in [1.54, 1.807) is 18.2 Å². The van der Waals surface area contributed by atoms with Gasteiger partial charge in [0.25, 0.3) is 0 Å². The highest BCUT2D eigenvalue weighted by atomic mass is 16.3. The van der Waals surface area contributed by atoms with Gasteiger partial charge >= 0.3 is 0 Å². The summed E-state index contributed by atoms with van der Waals surface area (Å²) >= 11 is 0. The molecule has 32 heavy (non-hydrogen) atoms. The highest BCUT2D eigenvalue weighted by Gasteiger charge is 2.31. The topological polar surface area (TPSA) is 106 Å². The predicted octanol–water partition coefficient (Wildman–Crippen LogP) is 2.13. The standard InChI is InChI=1S/C24H27N5O3/c30-14-19-8-4-10-28(19)23-25-22(17-7-3-9-21(32)12-17)26-24(27-23)29-13-18-6-2-1-5-16(18)11-20(29)15-31/h1-3,5-7,9,12,19-20,30-32H,4,8,10-11,13-15H2/t19-,20-/m1/s1. The summed E-state index contributed by atoms with van der Waals surface area (Å²) in [5.41, 5.74) is 3.10. The van der Waals surface area contributed by atoms with Gasteiger partial charge in [-0.1, -0.05) is 36.4 Å². The van der Waals surface area contributed by atoms with Gasteiger partial charge in [-0.2, -0.15) is 15.0 Å². The number of anilines is 2. The monoisotopic (exact) mass is 433 g/mol. The molecule has 3 aromatic rings. The van der Waals surface area contributed by atoms with Crippen LogP contribution in [-0.4, -0.2) is 62.1 Å². The van der Waals surface area contributed by atoms with E-state index in [0.29, 0.717) is 36.3 Å². The van der Waals surface area contributed by atoms with Crippen molar-refractivity contribution in [3.63, 3.8) is 0 Å². The summed E-state index contributed by atoms with van der Waals surface area (Å²) in [7, 11) is 0. The molecule has 0 bridgehead atoms. The number of hydrogen-bond donors (Lipinski definition) is 3. The Morgan fingerprint density at radius 3 is 2.34 bits per heavy atom. The Morgan fingerprint density at radius 2 is 1.59 bits per heavy atom. The van der Waals surface area contributed by atoms with Crippen LogP contribution in [0.3, 0.4) is 0 Å². The zero-order chi connectivity index (χ0) is 22.1. The maximum absolute atomic E-state index is 10.1. The molecule has 1 saturated heterocycles. The number of fused-ring (bicyclic) bond motifs is 1.